The van der Waals surface area contributed by atoms with Crippen molar-refractivity contribution in [2.75, 3.05) is 31.1 Å². The van der Waals surface area contributed by atoms with Crippen LogP contribution in [0.15, 0.2) is 48.8 Å². The smallest absolute Gasteiger partial charge is 0.269 e. The Morgan fingerprint density at radius 3 is 2.37 bits per heavy atom. The van der Waals surface area contributed by atoms with E-state index in [-0.39, 0.29) is 11.6 Å². The van der Waals surface area contributed by atoms with Crippen molar-refractivity contribution >= 4 is 28.6 Å². The lowest BCUT2D eigenvalue weighted by molar-refractivity contribution is -0.384. The summed E-state index contributed by atoms with van der Waals surface area (Å²) in [4.78, 5) is 39.7. The predicted molar refractivity (Wildman–Crippen MR) is 98.5 cm³/mol. The highest BCUT2D eigenvalue weighted by Gasteiger charge is 2.23. The van der Waals surface area contributed by atoms with E-state index in [0.717, 1.165) is 11.3 Å². The third kappa shape index (κ3) is 3.39. The predicted octanol–water partition coefficient (Wildman–Crippen LogP) is 1.90. The van der Waals surface area contributed by atoms with Crippen LogP contribution in [0.4, 0.5) is 11.5 Å². The zero-order valence-corrected chi connectivity index (χ0v) is 14.4. The van der Waals surface area contributed by atoms with Crippen LogP contribution in [0.2, 0.25) is 0 Å². The van der Waals surface area contributed by atoms with Crippen molar-refractivity contribution in [2.24, 2.45) is 0 Å². The molecule has 0 atom stereocenters. The standard InChI is InChI=1S/C18H16N6O3/c25-18(13-1-3-14(4-2-13)24(26)27)23-11-9-22(10-12-23)16-6-5-15-17(21-16)20-8-7-19-15/h1-8H,9-12H2. The molecule has 1 aliphatic heterocycles. The molecule has 0 N–H and O–H groups in total. The van der Waals surface area contributed by atoms with Gasteiger partial charge >= 0.3 is 0 Å². The summed E-state index contributed by atoms with van der Waals surface area (Å²) in [5, 5.41) is 10.7. The van der Waals surface area contributed by atoms with E-state index < -0.39 is 4.92 Å². The summed E-state index contributed by atoms with van der Waals surface area (Å²) in [5.74, 6) is 0.687. The highest BCUT2D eigenvalue weighted by molar-refractivity contribution is 5.94. The van der Waals surface area contributed by atoms with Crippen LogP contribution in [0.3, 0.4) is 0 Å². The van der Waals surface area contributed by atoms with Crippen LogP contribution >= 0.6 is 0 Å². The largest absolute Gasteiger partial charge is 0.353 e. The van der Waals surface area contributed by atoms with Gasteiger partial charge in [-0.2, -0.15) is 0 Å². The fourth-order valence-electron chi connectivity index (χ4n) is 3.07. The number of hydrogen-bond acceptors (Lipinski definition) is 7. The monoisotopic (exact) mass is 364 g/mol. The molecule has 1 aromatic carbocycles. The average Bonchev–Trinajstić information content (AvgIpc) is 2.73. The highest BCUT2D eigenvalue weighted by atomic mass is 16.6. The Bertz CT molecular complexity index is 999. The maximum absolute atomic E-state index is 12.6. The van der Waals surface area contributed by atoms with Gasteiger partial charge in [0.05, 0.1) is 4.92 Å². The molecule has 3 heterocycles. The van der Waals surface area contributed by atoms with Gasteiger partial charge in [0.25, 0.3) is 11.6 Å². The van der Waals surface area contributed by atoms with Crippen LogP contribution in [-0.4, -0.2) is 56.9 Å². The van der Waals surface area contributed by atoms with Crippen molar-refractivity contribution in [1.29, 1.82) is 0 Å². The van der Waals surface area contributed by atoms with Crippen LogP contribution in [0, 0.1) is 10.1 Å². The van der Waals surface area contributed by atoms with Crippen LogP contribution in [-0.2, 0) is 0 Å². The fraction of sp³-hybridized carbons (Fsp3) is 0.222. The van der Waals surface area contributed by atoms with Gasteiger partial charge in [-0.05, 0) is 24.3 Å². The summed E-state index contributed by atoms with van der Waals surface area (Å²) in [6, 6.07) is 9.49. The van der Waals surface area contributed by atoms with Crippen LogP contribution in [0.25, 0.3) is 11.2 Å². The van der Waals surface area contributed by atoms with E-state index in [1.165, 1.54) is 24.3 Å². The number of carbonyl (C=O) groups is 1. The SMILES string of the molecule is O=C(c1ccc([N+](=O)[O-])cc1)N1CCN(c2ccc3nccnc3n2)CC1. The number of nitrogens with zero attached hydrogens (tertiary/aromatic N) is 6. The summed E-state index contributed by atoms with van der Waals surface area (Å²) < 4.78 is 0. The Morgan fingerprint density at radius 1 is 0.963 bits per heavy atom. The van der Waals surface area contributed by atoms with Crippen LogP contribution in [0.1, 0.15) is 10.4 Å². The summed E-state index contributed by atoms with van der Waals surface area (Å²) >= 11 is 0. The molecule has 1 saturated heterocycles. The first-order valence-corrected chi connectivity index (χ1v) is 8.48. The highest BCUT2D eigenvalue weighted by Crippen LogP contribution is 2.19. The summed E-state index contributed by atoms with van der Waals surface area (Å²) in [7, 11) is 0. The van der Waals surface area contributed by atoms with Gasteiger partial charge in [-0.1, -0.05) is 0 Å². The number of non-ortho nitro benzene ring substituents is 1. The normalized spacial score (nSPS) is 14.4. The molecule has 9 heteroatoms. The molecular weight excluding hydrogens is 348 g/mol. The minimum Gasteiger partial charge on any atom is -0.353 e. The number of aromatic nitrogens is 3. The molecule has 3 aromatic rings. The van der Waals surface area contributed by atoms with Crippen molar-refractivity contribution in [3.8, 4) is 0 Å². The number of carbonyl (C=O) groups excluding carboxylic acids is 1. The number of amides is 1. The molecule has 0 saturated carbocycles. The molecule has 4 rings (SSSR count). The van der Waals surface area contributed by atoms with E-state index in [0.29, 0.717) is 37.4 Å². The van der Waals surface area contributed by atoms with Crippen molar-refractivity contribution in [3.63, 3.8) is 0 Å². The molecule has 1 fully saturated rings. The summed E-state index contributed by atoms with van der Waals surface area (Å²) in [6.45, 7) is 2.40. The molecule has 0 bridgehead atoms. The van der Waals surface area contributed by atoms with Gasteiger partial charge in [0.1, 0.15) is 11.3 Å². The van der Waals surface area contributed by atoms with E-state index in [4.69, 9.17) is 0 Å². The average molecular weight is 364 g/mol. The van der Waals surface area contributed by atoms with Crippen molar-refractivity contribution in [2.45, 2.75) is 0 Å². The number of fused-ring (bicyclic) bond motifs is 1. The Hall–Kier alpha value is -3.62. The number of benzene rings is 1. The first-order valence-electron chi connectivity index (χ1n) is 8.48. The van der Waals surface area contributed by atoms with Crippen LogP contribution in [0.5, 0.6) is 0 Å². The topological polar surface area (TPSA) is 105 Å². The van der Waals surface area contributed by atoms with Gasteiger partial charge in [-0.15, -0.1) is 0 Å². The molecule has 0 spiro atoms. The van der Waals surface area contributed by atoms with E-state index in [1.54, 1.807) is 17.3 Å². The number of nitro benzene ring substituents is 1. The zero-order chi connectivity index (χ0) is 18.8. The van der Waals surface area contributed by atoms with Crippen molar-refractivity contribution in [1.82, 2.24) is 19.9 Å². The number of pyridine rings is 1. The number of anilines is 1. The Labute approximate surface area is 154 Å². The number of rotatable bonds is 3. The second-order valence-corrected chi connectivity index (χ2v) is 6.15. The molecule has 0 aliphatic carbocycles. The van der Waals surface area contributed by atoms with Gasteiger partial charge < -0.3 is 9.80 Å². The molecule has 27 heavy (non-hydrogen) atoms. The molecule has 136 valence electrons. The van der Waals surface area contributed by atoms with Gasteiger partial charge in [0.15, 0.2) is 5.65 Å². The Kier molecular flexibility index (Phi) is 4.33. The molecule has 1 amide bonds. The quantitative estimate of drug-likeness (QED) is 0.516. The number of nitro groups is 1. The number of piperazine rings is 1. The lowest BCUT2D eigenvalue weighted by Crippen LogP contribution is -2.49. The molecule has 1 aliphatic rings. The van der Waals surface area contributed by atoms with Crippen molar-refractivity contribution < 1.29 is 9.72 Å². The second kappa shape index (κ2) is 6.94. The van der Waals surface area contributed by atoms with E-state index in [9.17, 15) is 14.9 Å². The lowest BCUT2D eigenvalue weighted by atomic mass is 10.1. The van der Waals surface area contributed by atoms with Gasteiger partial charge in [-0.25, -0.2) is 9.97 Å². The van der Waals surface area contributed by atoms with Gasteiger partial charge in [-0.3, -0.25) is 19.9 Å². The molecule has 2 aromatic heterocycles. The first-order chi connectivity index (χ1) is 13.1. The molecule has 0 unspecified atom stereocenters. The van der Waals surface area contributed by atoms with Crippen LogP contribution < -0.4 is 4.90 Å². The fourth-order valence-corrected chi connectivity index (χ4v) is 3.07. The molecule has 9 nitrogen and oxygen atoms in total. The zero-order valence-electron chi connectivity index (χ0n) is 14.4. The second-order valence-electron chi connectivity index (χ2n) is 6.15. The van der Waals surface area contributed by atoms with Crippen molar-refractivity contribution in [3.05, 3.63) is 64.5 Å². The Morgan fingerprint density at radius 2 is 1.67 bits per heavy atom. The lowest BCUT2D eigenvalue weighted by Gasteiger charge is -2.35. The van der Waals surface area contributed by atoms with E-state index in [2.05, 4.69) is 19.9 Å². The minimum absolute atomic E-state index is 0.0261. The number of hydrogen-bond donors (Lipinski definition) is 0. The van der Waals surface area contributed by atoms with Gasteiger partial charge in [0.2, 0.25) is 0 Å². The summed E-state index contributed by atoms with van der Waals surface area (Å²) in [6.07, 6.45) is 3.24. The third-order valence-electron chi connectivity index (χ3n) is 4.53. The maximum atomic E-state index is 12.6. The molecule has 0 radical (unpaired) electrons. The van der Waals surface area contributed by atoms with Gasteiger partial charge in [0, 0.05) is 56.3 Å². The van der Waals surface area contributed by atoms with E-state index >= 15 is 0 Å². The molecular formula is C18H16N6O3. The third-order valence-corrected chi connectivity index (χ3v) is 4.53. The summed E-state index contributed by atoms with van der Waals surface area (Å²) in [5.41, 5.74) is 1.77. The minimum atomic E-state index is -0.478. The maximum Gasteiger partial charge on any atom is 0.269 e. The van der Waals surface area contributed by atoms with E-state index in [1.807, 2.05) is 12.1 Å². The Balaban J connectivity index is 1.43. The first kappa shape index (κ1) is 16.8.